The minimum absolute atomic E-state index is 0.0269. The van der Waals surface area contributed by atoms with Gasteiger partial charge in [0, 0.05) is 5.56 Å². The van der Waals surface area contributed by atoms with E-state index in [2.05, 4.69) is 4.72 Å². The fourth-order valence-electron chi connectivity index (χ4n) is 1.42. The number of sulfonamides is 1. The van der Waals surface area contributed by atoms with E-state index in [4.69, 9.17) is 9.68 Å². The first-order valence-corrected chi connectivity index (χ1v) is 7.38. The summed E-state index contributed by atoms with van der Waals surface area (Å²) >= 11 is 1.10. The fraction of sp³-hybridized carbons (Fsp3) is 0.182. The molecular weight excluding hydrogens is 272 g/mol. The molecule has 0 atom stereocenters. The Morgan fingerprint density at radius 2 is 2.17 bits per heavy atom. The van der Waals surface area contributed by atoms with Crippen LogP contribution in [0, 0.1) is 25.2 Å². The van der Waals surface area contributed by atoms with E-state index in [-0.39, 0.29) is 15.7 Å². The van der Waals surface area contributed by atoms with Crippen LogP contribution in [-0.4, -0.2) is 8.42 Å². The normalized spacial score (nSPS) is 11.2. The third-order valence-electron chi connectivity index (χ3n) is 2.48. The van der Waals surface area contributed by atoms with Crippen LogP contribution in [0.15, 0.2) is 26.1 Å². The van der Waals surface area contributed by atoms with Crippen molar-refractivity contribution in [2.24, 2.45) is 0 Å². The molecule has 5 nitrogen and oxygen atoms in total. The molecule has 0 radical (unpaired) electrons. The van der Waals surface area contributed by atoms with Crippen molar-refractivity contribution in [1.82, 2.24) is 0 Å². The van der Waals surface area contributed by atoms with Crippen molar-refractivity contribution < 1.29 is 12.8 Å². The minimum atomic E-state index is -3.68. The zero-order valence-corrected chi connectivity index (χ0v) is 11.4. The molecule has 1 N–H and O–H groups in total. The molecule has 18 heavy (non-hydrogen) atoms. The van der Waals surface area contributed by atoms with Crippen LogP contribution in [0.4, 0.5) is 5.88 Å². The highest BCUT2D eigenvalue weighted by molar-refractivity contribution is 7.94. The fourth-order valence-corrected chi connectivity index (χ4v) is 3.42. The number of aryl methyl sites for hydroxylation is 1. The van der Waals surface area contributed by atoms with E-state index in [1.54, 1.807) is 25.3 Å². The maximum absolute atomic E-state index is 12.0. The quantitative estimate of drug-likeness (QED) is 0.938. The van der Waals surface area contributed by atoms with Gasteiger partial charge >= 0.3 is 0 Å². The second-order valence-electron chi connectivity index (χ2n) is 3.64. The number of hydrogen-bond donors (Lipinski definition) is 1. The largest absolute Gasteiger partial charge is 0.443 e. The van der Waals surface area contributed by atoms with E-state index in [0.717, 1.165) is 11.3 Å². The Hall–Kier alpha value is -1.78. The standard InChI is InChI=1S/C11H10N2O3S2/c1-7-8(2)16-11(9(7)6-12)13-18(14,15)10-4-3-5-17-10/h3-5,13H,1-2H3. The van der Waals surface area contributed by atoms with E-state index in [1.165, 1.54) is 6.07 Å². The molecule has 0 saturated carbocycles. The highest BCUT2D eigenvalue weighted by Gasteiger charge is 2.22. The number of hydrogen-bond acceptors (Lipinski definition) is 5. The summed E-state index contributed by atoms with van der Waals surface area (Å²) in [6.07, 6.45) is 0. The van der Waals surface area contributed by atoms with Crippen molar-refractivity contribution in [3.63, 3.8) is 0 Å². The molecule has 94 valence electrons. The van der Waals surface area contributed by atoms with Crippen LogP contribution >= 0.6 is 11.3 Å². The Bertz CT molecular complexity index is 706. The molecule has 0 saturated heterocycles. The summed E-state index contributed by atoms with van der Waals surface area (Å²) in [7, 11) is -3.68. The third-order valence-corrected chi connectivity index (χ3v) is 5.21. The van der Waals surface area contributed by atoms with Crippen molar-refractivity contribution in [3.05, 3.63) is 34.4 Å². The second kappa shape index (κ2) is 4.48. The first-order chi connectivity index (χ1) is 8.45. The number of nitrogens with zero attached hydrogens (tertiary/aromatic N) is 1. The van der Waals surface area contributed by atoms with Gasteiger partial charge in [-0.2, -0.15) is 5.26 Å². The predicted molar refractivity (Wildman–Crippen MR) is 68.0 cm³/mol. The van der Waals surface area contributed by atoms with E-state index in [9.17, 15) is 8.42 Å². The summed E-state index contributed by atoms with van der Waals surface area (Å²) in [5, 5.41) is 10.7. The SMILES string of the molecule is Cc1oc(NS(=O)(=O)c2cccs2)c(C#N)c1C. The lowest BCUT2D eigenvalue weighted by Gasteiger charge is -2.02. The number of furan rings is 1. The summed E-state index contributed by atoms with van der Waals surface area (Å²) in [5.74, 6) is 0.497. The number of thiophene rings is 1. The zero-order valence-electron chi connectivity index (χ0n) is 9.72. The molecule has 2 rings (SSSR count). The van der Waals surface area contributed by atoms with Crippen LogP contribution in [0.25, 0.3) is 0 Å². The zero-order chi connectivity index (χ0) is 13.3. The number of nitriles is 1. The number of rotatable bonds is 3. The van der Waals surface area contributed by atoms with Crippen LogP contribution in [0.2, 0.25) is 0 Å². The van der Waals surface area contributed by atoms with Crippen LogP contribution in [0.1, 0.15) is 16.9 Å². The van der Waals surface area contributed by atoms with Gasteiger partial charge in [0.25, 0.3) is 10.0 Å². The lowest BCUT2D eigenvalue weighted by molar-refractivity contribution is 0.546. The van der Waals surface area contributed by atoms with Gasteiger partial charge in [-0.05, 0) is 25.3 Å². The molecule has 7 heteroatoms. The van der Waals surface area contributed by atoms with E-state index in [1.807, 2.05) is 6.07 Å². The molecule has 0 aliphatic rings. The monoisotopic (exact) mass is 282 g/mol. The highest BCUT2D eigenvalue weighted by Crippen LogP contribution is 2.28. The highest BCUT2D eigenvalue weighted by atomic mass is 32.2. The van der Waals surface area contributed by atoms with Crippen LogP contribution in [0.3, 0.4) is 0 Å². The molecule has 0 aromatic carbocycles. The molecule has 0 unspecified atom stereocenters. The van der Waals surface area contributed by atoms with E-state index < -0.39 is 10.0 Å². The molecule has 0 fully saturated rings. The van der Waals surface area contributed by atoms with Gasteiger partial charge < -0.3 is 4.42 Å². The summed E-state index contributed by atoms with van der Waals surface area (Å²) in [6, 6.07) is 5.07. The summed E-state index contributed by atoms with van der Waals surface area (Å²) < 4.78 is 31.7. The molecule has 2 aromatic heterocycles. The van der Waals surface area contributed by atoms with Crippen molar-refractivity contribution >= 4 is 27.2 Å². The molecule has 2 heterocycles. The van der Waals surface area contributed by atoms with Gasteiger partial charge in [0.2, 0.25) is 5.88 Å². The first kappa shape index (κ1) is 12.7. The summed E-state index contributed by atoms with van der Waals surface area (Å²) in [5.41, 5.74) is 0.856. The maximum atomic E-state index is 12.0. The molecule has 2 aromatic rings. The predicted octanol–water partition coefficient (Wildman–Crippen LogP) is 2.63. The van der Waals surface area contributed by atoms with Crippen molar-refractivity contribution in [2.75, 3.05) is 4.72 Å². The Balaban J connectivity index is 2.42. The number of nitrogens with one attached hydrogen (secondary N) is 1. The molecule has 0 bridgehead atoms. The molecule has 0 aliphatic carbocycles. The Morgan fingerprint density at radius 3 is 2.72 bits per heavy atom. The van der Waals surface area contributed by atoms with Crippen molar-refractivity contribution in [2.45, 2.75) is 18.1 Å². The van der Waals surface area contributed by atoms with Gasteiger partial charge in [0.15, 0.2) is 0 Å². The number of anilines is 1. The topological polar surface area (TPSA) is 83.1 Å². The van der Waals surface area contributed by atoms with Gasteiger partial charge in [-0.15, -0.1) is 11.3 Å². The van der Waals surface area contributed by atoms with E-state index >= 15 is 0 Å². The van der Waals surface area contributed by atoms with Crippen LogP contribution in [-0.2, 0) is 10.0 Å². The third kappa shape index (κ3) is 2.12. The summed E-state index contributed by atoms with van der Waals surface area (Å²) in [4.78, 5) is 0. The lowest BCUT2D eigenvalue weighted by atomic mass is 10.2. The van der Waals surface area contributed by atoms with Gasteiger partial charge in [0.1, 0.15) is 21.6 Å². The van der Waals surface area contributed by atoms with Crippen LogP contribution in [0.5, 0.6) is 0 Å². The molecule has 0 aliphatic heterocycles. The smallest absolute Gasteiger partial charge is 0.273 e. The first-order valence-electron chi connectivity index (χ1n) is 5.02. The average Bonchev–Trinajstić information content (AvgIpc) is 2.89. The molecule has 0 spiro atoms. The van der Waals surface area contributed by atoms with Gasteiger partial charge in [-0.25, -0.2) is 13.1 Å². The molecule has 0 amide bonds. The van der Waals surface area contributed by atoms with Crippen molar-refractivity contribution in [1.29, 1.82) is 5.26 Å². The summed E-state index contributed by atoms with van der Waals surface area (Å²) in [6.45, 7) is 3.39. The Morgan fingerprint density at radius 1 is 1.44 bits per heavy atom. The lowest BCUT2D eigenvalue weighted by Crippen LogP contribution is -2.11. The average molecular weight is 282 g/mol. The van der Waals surface area contributed by atoms with E-state index in [0.29, 0.717) is 11.3 Å². The van der Waals surface area contributed by atoms with Gasteiger partial charge in [-0.1, -0.05) is 6.07 Å². The Kier molecular flexibility index (Phi) is 3.15. The maximum Gasteiger partial charge on any atom is 0.273 e. The van der Waals surface area contributed by atoms with Gasteiger partial charge in [-0.3, -0.25) is 0 Å². The van der Waals surface area contributed by atoms with Gasteiger partial charge in [0.05, 0.1) is 0 Å². The van der Waals surface area contributed by atoms with Crippen molar-refractivity contribution in [3.8, 4) is 6.07 Å². The van der Waals surface area contributed by atoms with Crippen LogP contribution < -0.4 is 4.72 Å². The Labute approximate surface area is 109 Å². The minimum Gasteiger partial charge on any atom is -0.443 e. The molecular formula is C11H10N2O3S2. The second-order valence-corrected chi connectivity index (χ2v) is 6.49.